The van der Waals surface area contributed by atoms with E-state index < -0.39 is 0 Å². The zero-order valence-electron chi connectivity index (χ0n) is 14.3. The third-order valence-corrected chi connectivity index (χ3v) is 5.73. The van der Waals surface area contributed by atoms with E-state index in [1.165, 1.54) is 31.2 Å². The number of hydrogen-bond donors (Lipinski definition) is 1. The Bertz CT molecular complexity index is 798. The van der Waals surface area contributed by atoms with E-state index in [2.05, 4.69) is 16.4 Å². The van der Waals surface area contributed by atoms with Crippen molar-refractivity contribution in [1.29, 1.82) is 0 Å². The second-order valence-electron chi connectivity index (χ2n) is 7.58. The summed E-state index contributed by atoms with van der Waals surface area (Å²) in [6.45, 7) is 0.751. The summed E-state index contributed by atoms with van der Waals surface area (Å²) in [5.41, 5.74) is 3.00. The van der Waals surface area contributed by atoms with Crippen LogP contribution in [0.1, 0.15) is 41.6 Å². The van der Waals surface area contributed by atoms with E-state index in [1.807, 2.05) is 35.2 Å². The molecule has 0 saturated heterocycles. The number of pyridine rings is 1. The molecule has 0 radical (unpaired) electrons. The lowest BCUT2D eigenvalue weighted by Gasteiger charge is -2.22. The Kier molecular flexibility index (Phi) is 3.51. The number of hydrogen-bond acceptors (Lipinski definition) is 3. The van der Waals surface area contributed by atoms with Gasteiger partial charge in [0.05, 0.1) is 5.56 Å². The average molecular weight is 333 g/mol. The van der Waals surface area contributed by atoms with Crippen LogP contribution < -0.4 is 10.2 Å². The number of benzene rings is 1. The van der Waals surface area contributed by atoms with Crippen LogP contribution >= 0.6 is 0 Å². The summed E-state index contributed by atoms with van der Waals surface area (Å²) in [5, 5.41) is 3.64. The minimum Gasteiger partial charge on any atom is -0.366 e. The number of carbonyl (C=O) groups excluding carboxylic acids is 1. The first kappa shape index (κ1) is 14.9. The number of aromatic nitrogens is 1. The number of nitrogens with one attached hydrogen (secondary N) is 1. The maximum atomic E-state index is 13.2. The molecular weight excluding hydrogens is 310 g/mol. The Morgan fingerprint density at radius 3 is 2.60 bits per heavy atom. The number of amides is 1. The van der Waals surface area contributed by atoms with Crippen molar-refractivity contribution in [2.24, 2.45) is 11.8 Å². The molecule has 25 heavy (non-hydrogen) atoms. The Balaban J connectivity index is 1.43. The highest BCUT2D eigenvalue weighted by Crippen LogP contribution is 2.46. The molecule has 0 bridgehead atoms. The van der Waals surface area contributed by atoms with Crippen molar-refractivity contribution in [2.45, 2.75) is 38.1 Å². The third-order valence-electron chi connectivity index (χ3n) is 5.73. The molecule has 0 spiro atoms. The maximum absolute atomic E-state index is 13.2. The molecule has 1 aromatic heterocycles. The molecule has 2 heterocycles. The summed E-state index contributed by atoms with van der Waals surface area (Å²) in [5.74, 6) is 2.36. The molecule has 1 N–H and O–H groups in total. The number of rotatable bonds is 5. The van der Waals surface area contributed by atoms with Crippen LogP contribution in [0.15, 0.2) is 42.6 Å². The monoisotopic (exact) mass is 333 g/mol. The number of nitrogens with zero attached hydrogens (tertiary/aromatic N) is 2. The zero-order valence-corrected chi connectivity index (χ0v) is 14.3. The lowest BCUT2D eigenvalue weighted by atomic mass is 10.1. The first-order valence-electron chi connectivity index (χ1n) is 9.42. The van der Waals surface area contributed by atoms with Gasteiger partial charge in [0.15, 0.2) is 0 Å². The predicted octanol–water partition coefficient (Wildman–Crippen LogP) is 3.89. The Hall–Kier alpha value is -2.36. The van der Waals surface area contributed by atoms with Crippen molar-refractivity contribution in [2.75, 3.05) is 16.8 Å². The summed E-state index contributed by atoms with van der Waals surface area (Å²) in [6.07, 6.45) is 7.95. The molecule has 2 saturated carbocycles. The first-order valence-corrected chi connectivity index (χ1v) is 9.42. The van der Waals surface area contributed by atoms with E-state index >= 15 is 0 Å². The van der Waals surface area contributed by atoms with Gasteiger partial charge in [-0.2, -0.15) is 0 Å². The fourth-order valence-electron chi connectivity index (χ4n) is 4.08. The number of anilines is 2. The average Bonchev–Trinajstić information content (AvgIpc) is 3.57. The lowest BCUT2D eigenvalue weighted by molar-refractivity contribution is 0.0990. The smallest absolute Gasteiger partial charge is 0.262 e. The highest BCUT2D eigenvalue weighted by Gasteiger charge is 2.42. The van der Waals surface area contributed by atoms with E-state index in [1.54, 1.807) is 6.20 Å². The van der Waals surface area contributed by atoms with Gasteiger partial charge in [-0.3, -0.25) is 4.79 Å². The molecule has 1 aromatic carbocycles. The van der Waals surface area contributed by atoms with Gasteiger partial charge in [0, 0.05) is 24.5 Å². The first-order chi connectivity index (χ1) is 12.3. The van der Waals surface area contributed by atoms with Crippen molar-refractivity contribution in [1.82, 2.24) is 4.98 Å². The van der Waals surface area contributed by atoms with Crippen molar-refractivity contribution in [3.63, 3.8) is 0 Å². The van der Waals surface area contributed by atoms with Crippen LogP contribution in [0.4, 0.5) is 11.5 Å². The van der Waals surface area contributed by atoms with Crippen LogP contribution in [0.25, 0.3) is 0 Å². The third kappa shape index (κ3) is 2.80. The van der Waals surface area contributed by atoms with Gasteiger partial charge in [0.1, 0.15) is 5.82 Å². The fraction of sp³-hybridized carbons (Fsp3) is 0.429. The molecule has 5 rings (SSSR count). The standard InChI is InChI=1S/C21H23N3O/c25-21(24-13-11-14-4-1-2-6-18(14)24)17-5-3-12-22-20(17)23-19(15-7-8-15)16-9-10-16/h1-6,12,15-16,19H,7-11,13H2,(H,22,23). The molecule has 1 amide bonds. The van der Waals surface area contributed by atoms with Crippen molar-refractivity contribution < 1.29 is 4.79 Å². The summed E-state index contributed by atoms with van der Waals surface area (Å²) in [4.78, 5) is 19.7. The minimum absolute atomic E-state index is 0.0610. The molecule has 128 valence electrons. The quantitative estimate of drug-likeness (QED) is 0.903. The van der Waals surface area contributed by atoms with Crippen LogP contribution in [-0.4, -0.2) is 23.5 Å². The van der Waals surface area contributed by atoms with Crippen LogP contribution in [0, 0.1) is 11.8 Å². The van der Waals surface area contributed by atoms with Crippen molar-refractivity contribution >= 4 is 17.4 Å². The largest absolute Gasteiger partial charge is 0.366 e. The van der Waals surface area contributed by atoms with Gasteiger partial charge in [-0.05, 0) is 67.7 Å². The fourth-order valence-corrected chi connectivity index (χ4v) is 4.08. The molecule has 1 aliphatic heterocycles. The number of carbonyl (C=O) groups is 1. The van der Waals surface area contributed by atoms with E-state index in [0.717, 1.165) is 36.3 Å². The lowest BCUT2D eigenvalue weighted by Crippen LogP contribution is -2.31. The number of para-hydroxylation sites is 1. The molecule has 4 nitrogen and oxygen atoms in total. The van der Waals surface area contributed by atoms with E-state index in [-0.39, 0.29) is 5.91 Å². The van der Waals surface area contributed by atoms with Gasteiger partial charge in [0.25, 0.3) is 5.91 Å². The minimum atomic E-state index is 0.0610. The van der Waals surface area contributed by atoms with Crippen molar-refractivity contribution in [3.05, 3.63) is 53.7 Å². The Labute approximate surface area is 148 Å². The summed E-state index contributed by atoms with van der Waals surface area (Å²) in [6, 6.07) is 12.5. The SMILES string of the molecule is O=C(c1cccnc1NC(C1CC1)C1CC1)N1CCc2ccccc21. The molecule has 3 aliphatic rings. The van der Waals surface area contributed by atoms with Crippen LogP contribution in [0.5, 0.6) is 0 Å². The van der Waals surface area contributed by atoms with Crippen LogP contribution in [-0.2, 0) is 6.42 Å². The van der Waals surface area contributed by atoms with Crippen LogP contribution in [0.2, 0.25) is 0 Å². The van der Waals surface area contributed by atoms with Gasteiger partial charge in [-0.1, -0.05) is 18.2 Å². The van der Waals surface area contributed by atoms with Crippen molar-refractivity contribution in [3.8, 4) is 0 Å². The highest BCUT2D eigenvalue weighted by molar-refractivity contribution is 6.10. The topological polar surface area (TPSA) is 45.2 Å². The summed E-state index contributed by atoms with van der Waals surface area (Å²) in [7, 11) is 0. The predicted molar refractivity (Wildman–Crippen MR) is 98.9 cm³/mol. The zero-order chi connectivity index (χ0) is 16.8. The van der Waals surface area contributed by atoms with E-state index in [4.69, 9.17) is 0 Å². The second kappa shape index (κ2) is 5.87. The molecule has 2 aromatic rings. The molecule has 0 unspecified atom stereocenters. The normalized spacial score (nSPS) is 19.2. The highest BCUT2D eigenvalue weighted by atomic mass is 16.2. The van der Waals surface area contributed by atoms with Gasteiger partial charge in [-0.25, -0.2) is 4.98 Å². The maximum Gasteiger partial charge on any atom is 0.262 e. The van der Waals surface area contributed by atoms with E-state index in [0.29, 0.717) is 11.6 Å². The Morgan fingerprint density at radius 1 is 1.08 bits per heavy atom. The number of fused-ring (bicyclic) bond motifs is 1. The van der Waals surface area contributed by atoms with Gasteiger partial charge in [-0.15, -0.1) is 0 Å². The molecular formula is C21H23N3O. The van der Waals surface area contributed by atoms with Gasteiger partial charge >= 0.3 is 0 Å². The van der Waals surface area contributed by atoms with Gasteiger partial charge < -0.3 is 10.2 Å². The van der Waals surface area contributed by atoms with E-state index in [9.17, 15) is 4.79 Å². The Morgan fingerprint density at radius 2 is 1.84 bits per heavy atom. The molecule has 2 aliphatic carbocycles. The second-order valence-corrected chi connectivity index (χ2v) is 7.58. The summed E-state index contributed by atoms with van der Waals surface area (Å²) < 4.78 is 0. The molecule has 4 heteroatoms. The van der Waals surface area contributed by atoms with Gasteiger partial charge in [0.2, 0.25) is 0 Å². The molecule has 0 atom stereocenters. The molecule has 2 fully saturated rings. The van der Waals surface area contributed by atoms with Crippen LogP contribution in [0.3, 0.4) is 0 Å². The summed E-state index contributed by atoms with van der Waals surface area (Å²) >= 11 is 0.